The minimum atomic E-state index is -0.644. The largest absolute Gasteiger partial charge is 0.411 e. The molecule has 126 valence electrons. The summed E-state index contributed by atoms with van der Waals surface area (Å²) in [5.74, 6) is -0.925. The van der Waals surface area contributed by atoms with Crippen LogP contribution in [0, 0.1) is 17.6 Å². The van der Waals surface area contributed by atoms with Gasteiger partial charge in [-0.25, -0.2) is 8.78 Å². The lowest BCUT2D eigenvalue weighted by molar-refractivity contribution is -0.0961. The Hall–Kier alpha value is -1.53. The fraction of sp³-hybridized carbons (Fsp3) is 0.588. The number of hydrogen-bond donors (Lipinski definition) is 1. The molecule has 4 nitrogen and oxygen atoms in total. The average Bonchev–Trinajstić information content (AvgIpc) is 2.98. The van der Waals surface area contributed by atoms with Crippen LogP contribution in [-0.2, 0) is 16.1 Å². The van der Waals surface area contributed by atoms with Crippen molar-refractivity contribution < 1.29 is 23.5 Å². The number of hydrogen-bond acceptors (Lipinski definition) is 4. The van der Waals surface area contributed by atoms with Gasteiger partial charge < -0.3 is 14.7 Å². The number of nitrogens with zero attached hydrogens (tertiary/aromatic N) is 1. The predicted molar refractivity (Wildman–Crippen MR) is 80.4 cm³/mol. The standard InChI is InChI=1S/C17H21F2NO3/c1-10(2)17-7-6-16(3,23-17)15(14(17)20-21)22-9-11-8-12(18)4-5-13(11)19/h4-5,8,10,15,21H,6-7,9H2,1-3H3/t15-,16+,17+/m1/s1. The molecule has 0 unspecified atom stereocenters. The molecule has 2 saturated heterocycles. The van der Waals surface area contributed by atoms with E-state index in [0.29, 0.717) is 5.71 Å². The first-order valence-electron chi connectivity index (χ1n) is 7.80. The van der Waals surface area contributed by atoms with Gasteiger partial charge in [0, 0.05) is 5.56 Å². The lowest BCUT2D eigenvalue weighted by Gasteiger charge is -2.32. The lowest BCUT2D eigenvalue weighted by atomic mass is 9.74. The molecular formula is C17H21F2NO3. The summed E-state index contributed by atoms with van der Waals surface area (Å²) in [6.07, 6.45) is 0.946. The van der Waals surface area contributed by atoms with Gasteiger partial charge >= 0.3 is 0 Å². The molecule has 2 fully saturated rings. The molecule has 1 aromatic carbocycles. The van der Waals surface area contributed by atoms with Crippen LogP contribution < -0.4 is 0 Å². The molecule has 2 bridgehead atoms. The number of ether oxygens (including phenoxy) is 2. The van der Waals surface area contributed by atoms with Crippen LogP contribution in [0.25, 0.3) is 0 Å². The Morgan fingerprint density at radius 1 is 1.39 bits per heavy atom. The van der Waals surface area contributed by atoms with Crippen LogP contribution >= 0.6 is 0 Å². The van der Waals surface area contributed by atoms with Crippen molar-refractivity contribution in [3.63, 3.8) is 0 Å². The van der Waals surface area contributed by atoms with Crippen LogP contribution in [0.4, 0.5) is 8.78 Å². The van der Waals surface area contributed by atoms with Crippen molar-refractivity contribution in [1.29, 1.82) is 0 Å². The maximum Gasteiger partial charge on any atom is 0.131 e. The monoisotopic (exact) mass is 325 g/mol. The van der Waals surface area contributed by atoms with E-state index in [1.54, 1.807) is 0 Å². The molecule has 3 atom stereocenters. The first-order valence-corrected chi connectivity index (χ1v) is 7.80. The summed E-state index contributed by atoms with van der Waals surface area (Å²) in [5, 5.41) is 12.9. The van der Waals surface area contributed by atoms with Crippen LogP contribution in [0.5, 0.6) is 0 Å². The molecular weight excluding hydrogens is 304 g/mol. The lowest BCUT2D eigenvalue weighted by Crippen LogP contribution is -2.48. The molecule has 0 spiro atoms. The van der Waals surface area contributed by atoms with Crippen molar-refractivity contribution in [3.05, 3.63) is 35.4 Å². The van der Waals surface area contributed by atoms with Crippen molar-refractivity contribution >= 4 is 5.71 Å². The maximum absolute atomic E-state index is 13.8. The summed E-state index contributed by atoms with van der Waals surface area (Å²) in [6.45, 7) is 5.80. The Kier molecular flexibility index (Phi) is 3.92. The molecule has 0 aromatic heterocycles. The molecule has 1 N–H and O–H groups in total. The van der Waals surface area contributed by atoms with Gasteiger partial charge in [0.05, 0.1) is 12.2 Å². The third-order valence-electron chi connectivity index (χ3n) is 5.10. The van der Waals surface area contributed by atoms with E-state index in [1.165, 1.54) is 0 Å². The topological polar surface area (TPSA) is 51.0 Å². The summed E-state index contributed by atoms with van der Waals surface area (Å²) >= 11 is 0. The third kappa shape index (κ3) is 2.44. The minimum Gasteiger partial charge on any atom is -0.411 e. The van der Waals surface area contributed by atoms with Crippen LogP contribution in [0.15, 0.2) is 23.4 Å². The average molecular weight is 325 g/mol. The summed E-state index contributed by atoms with van der Waals surface area (Å²) < 4.78 is 39.0. The zero-order valence-corrected chi connectivity index (χ0v) is 13.5. The number of rotatable bonds is 4. The zero-order chi connectivity index (χ0) is 16.8. The molecule has 1 aromatic rings. The van der Waals surface area contributed by atoms with Crippen LogP contribution in [0.3, 0.4) is 0 Å². The predicted octanol–water partition coefficient (Wildman–Crippen LogP) is 3.66. The van der Waals surface area contributed by atoms with Crippen LogP contribution in [0.1, 0.15) is 39.2 Å². The summed E-state index contributed by atoms with van der Waals surface area (Å²) in [6, 6.07) is 3.25. The highest BCUT2D eigenvalue weighted by Gasteiger charge is 2.65. The molecule has 3 rings (SSSR count). The minimum absolute atomic E-state index is 0.111. The van der Waals surface area contributed by atoms with E-state index in [4.69, 9.17) is 9.47 Å². The Morgan fingerprint density at radius 2 is 2.13 bits per heavy atom. The van der Waals surface area contributed by atoms with Gasteiger partial charge in [-0.3, -0.25) is 0 Å². The Balaban J connectivity index is 1.84. The number of benzene rings is 1. The first-order chi connectivity index (χ1) is 10.8. The molecule has 0 amide bonds. The number of oxime groups is 1. The van der Waals surface area contributed by atoms with Crippen molar-refractivity contribution in [3.8, 4) is 0 Å². The zero-order valence-electron chi connectivity index (χ0n) is 13.5. The molecule has 0 aliphatic carbocycles. The van der Waals surface area contributed by atoms with Crippen molar-refractivity contribution in [1.82, 2.24) is 0 Å². The van der Waals surface area contributed by atoms with Gasteiger partial charge in [-0.2, -0.15) is 0 Å². The SMILES string of the molecule is CC(C)[C@]12CC[C@](C)(O1)[C@H](OCc1cc(F)ccc1F)C2=NO. The fourth-order valence-corrected chi connectivity index (χ4v) is 3.75. The summed E-state index contributed by atoms with van der Waals surface area (Å²) in [4.78, 5) is 0. The number of fused-ring (bicyclic) bond motifs is 2. The highest BCUT2D eigenvalue weighted by molar-refractivity contribution is 6.00. The maximum atomic E-state index is 13.8. The third-order valence-corrected chi connectivity index (χ3v) is 5.10. The second-order valence-electron chi connectivity index (χ2n) is 6.87. The molecule has 0 saturated carbocycles. The van der Waals surface area contributed by atoms with E-state index in [-0.39, 0.29) is 18.1 Å². The van der Waals surface area contributed by atoms with E-state index in [0.717, 1.165) is 31.0 Å². The Labute approximate surface area is 134 Å². The van der Waals surface area contributed by atoms with E-state index in [2.05, 4.69) is 5.16 Å². The molecule has 2 heterocycles. The van der Waals surface area contributed by atoms with Gasteiger partial charge in [-0.05, 0) is 43.9 Å². The van der Waals surface area contributed by atoms with Gasteiger partial charge in [0.15, 0.2) is 0 Å². The Morgan fingerprint density at radius 3 is 2.78 bits per heavy atom. The van der Waals surface area contributed by atoms with Crippen molar-refractivity contribution in [2.24, 2.45) is 11.1 Å². The Bertz CT molecular complexity index is 649. The second kappa shape index (κ2) is 5.53. The molecule has 0 radical (unpaired) electrons. The number of halogens is 2. The summed E-state index contributed by atoms with van der Waals surface area (Å²) in [5.41, 5.74) is -0.685. The smallest absolute Gasteiger partial charge is 0.131 e. The van der Waals surface area contributed by atoms with E-state index in [9.17, 15) is 14.0 Å². The van der Waals surface area contributed by atoms with Gasteiger partial charge in [0.1, 0.15) is 29.1 Å². The van der Waals surface area contributed by atoms with Gasteiger partial charge in [-0.1, -0.05) is 19.0 Å². The van der Waals surface area contributed by atoms with Gasteiger partial charge in [-0.15, -0.1) is 0 Å². The first kappa shape index (κ1) is 16.3. The molecule has 2 aliphatic heterocycles. The highest BCUT2D eigenvalue weighted by atomic mass is 19.1. The fourth-order valence-electron chi connectivity index (χ4n) is 3.75. The van der Waals surface area contributed by atoms with E-state index in [1.807, 2.05) is 20.8 Å². The van der Waals surface area contributed by atoms with Crippen LogP contribution in [0.2, 0.25) is 0 Å². The molecule has 6 heteroatoms. The van der Waals surface area contributed by atoms with E-state index < -0.39 is 28.9 Å². The van der Waals surface area contributed by atoms with Crippen molar-refractivity contribution in [2.45, 2.75) is 57.5 Å². The highest BCUT2D eigenvalue weighted by Crippen LogP contribution is 2.53. The van der Waals surface area contributed by atoms with Crippen LogP contribution in [-0.4, -0.2) is 28.2 Å². The molecule has 2 aliphatic rings. The van der Waals surface area contributed by atoms with Gasteiger partial charge in [0.2, 0.25) is 0 Å². The van der Waals surface area contributed by atoms with E-state index >= 15 is 0 Å². The molecule has 23 heavy (non-hydrogen) atoms. The normalized spacial score (nSPS) is 34.7. The van der Waals surface area contributed by atoms with Crippen molar-refractivity contribution in [2.75, 3.05) is 0 Å². The summed E-state index contributed by atoms with van der Waals surface area (Å²) in [7, 11) is 0. The quantitative estimate of drug-likeness (QED) is 0.679. The van der Waals surface area contributed by atoms with Gasteiger partial charge in [0.25, 0.3) is 0 Å². The second-order valence-corrected chi connectivity index (χ2v) is 6.87.